The van der Waals surface area contributed by atoms with Gasteiger partial charge in [-0.1, -0.05) is 38.5 Å². The minimum atomic E-state index is -3.69. The Morgan fingerprint density at radius 3 is 1.12 bits per heavy atom. The molecule has 12 heterocycles. The zero-order valence-electron chi connectivity index (χ0n) is 53.3. The number of H-pyrrole nitrogens is 4. The average Bonchev–Trinajstić information content (AvgIpc) is 1.50. The highest BCUT2D eigenvalue weighted by Crippen LogP contribution is 2.35. The molecule has 6 aliphatic rings. The number of hydrogen-bond donors (Lipinski definition) is 4. The van der Waals surface area contributed by atoms with Gasteiger partial charge in [-0.15, -0.1) is 0 Å². The van der Waals surface area contributed by atoms with Gasteiger partial charge in [-0.25, -0.2) is 89.6 Å². The highest BCUT2D eigenvalue weighted by atomic mass is 32.2. The van der Waals surface area contributed by atoms with Crippen LogP contribution in [0.1, 0.15) is 176 Å². The van der Waals surface area contributed by atoms with E-state index in [-0.39, 0.29) is 121 Å². The molecule has 0 bridgehead atoms. The van der Waals surface area contributed by atoms with Gasteiger partial charge in [0, 0.05) is 76.0 Å². The summed E-state index contributed by atoms with van der Waals surface area (Å²) in [5.74, 6) is 1.31. The summed E-state index contributed by atoms with van der Waals surface area (Å²) >= 11 is 0. The van der Waals surface area contributed by atoms with Gasteiger partial charge in [0.15, 0.2) is 62.1 Å². The maximum atomic E-state index is 12.5. The fourth-order valence-corrected chi connectivity index (χ4v) is 15.6. The molecule has 40 heteroatoms. The minimum Gasteiger partial charge on any atom is -0.310 e. The second-order valence-electron chi connectivity index (χ2n) is 27.0. The summed E-state index contributed by atoms with van der Waals surface area (Å²) in [5.41, 5.74) is 1.91. The average molecular weight is 1360 g/mol. The fraction of sp³-hybridized carbons (Fsp3) is 0.630. The van der Waals surface area contributed by atoms with Crippen LogP contribution in [0.15, 0.2) is 31.6 Å². The summed E-state index contributed by atoms with van der Waals surface area (Å²) in [4.78, 5) is 78.7. The number of fused-ring (bicyclic) bond motifs is 4. The van der Waals surface area contributed by atoms with Gasteiger partial charge in [-0.2, -0.15) is 20.4 Å². The number of nitrogens with one attached hydrogen (secondary N) is 4. The van der Waals surface area contributed by atoms with Crippen molar-refractivity contribution in [3.63, 3.8) is 0 Å². The topological polar surface area (TPSA) is 404 Å². The number of aromatic amines is 4. The Labute approximate surface area is 546 Å². The molecule has 4 aliphatic heterocycles. The highest BCUT2D eigenvalue weighted by Gasteiger charge is 2.40. The lowest BCUT2D eigenvalue weighted by atomic mass is 9.96. The van der Waals surface area contributed by atoms with Crippen molar-refractivity contribution in [2.45, 2.75) is 166 Å². The van der Waals surface area contributed by atoms with Crippen molar-refractivity contribution in [1.82, 2.24) is 96.2 Å². The molecule has 0 amide bonds. The second-order valence-corrected chi connectivity index (χ2v) is 33.2. The summed E-state index contributed by atoms with van der Waals surface area (Å²) in [7, 11) is 5.61. The van der Waals surface area contributed by atoms with E-state index in [0.29, 0.717) is 78.8 Å². The van der Waals surface area contributed by atoms with Gasteiger partial charge in [0.2, 0.25) is 0 Å². The van der Waals surface area contributed by atoms with Crippen LogP contribution in [0.5, 0.6) is 0 Å². The Morgan fingerprint density at radius 1 is 0.404 bits per heavy atom. The van der Waals surface area contributed by atoms with Crippen LogP contribution in [0.25, 0.3) is 44.1 Å². The van der Waals surface area contributed by atoms with Gasteiger partial charge in [0.1, 0.15) is 44.8 Å². The molecular formula is C54H72B4N20O12S4. The maximum absolute atomic E-state index is 12.5. The van der Waals surface area contributed by atoms with Crippen LogP contribution in [-0.2, 0) is 50.6 Å². The Kier molecular flexibility index (Phi) is 18.5. The molecule has 4 saturated heterocycles. The molecule has 8 aromatic heterocycles. The molecule has 0 spiro atoms. The van der Waals surface area contributed by atoms with Crippen molar-refractivity contribution < 1.29 is 33.7 Å². The highest BCUT2D eigenvalue weighted by molar-refractivity contribution is 8.11. The molecule has 94 heavy (non-hydrogen) atoms. The summed E-state index contributed by atoms with van der Waals surface area (Å²) < 4.78 is 102. The Hall–Kier alpha value is -6.70. The number of hydrogen-bond acceptors (Lipinski definition) is 20. The smallest absolute Gasteiger partial charge is 0.278 e. The Morgan fingerprint density at radius 2 is 0.723 bits per heavy atom. The van der Waals surface area contributed by atoms with E-state index in [1.54, 1.807) is 22.5 Å². The summed E-state index contributed by atoms with van der Waals surface area (Å²) in [5, 5.41) is 19.5. The molecule has 8 aromatic rings. The third-order valence-electron chi connectivity index (χ3n) is 17.9. The van der Waals surface area contributed by atoms with Crippen molar-refractivity contribution in [1.29, 1.82) is 0 Å². The Balaban J connectivity index is 0.000000128. The summed E-state index contributed by atoms with van der Waals surface area (Å²) in [6.45, 7) is 17.3. The van der Waals surface area contributed by atoms with E-state index < -0.39 is 39.5 Å². The summed E-state index contributed by atoms with van der Waals surface area (Å²) in [6.07, 6.45) is 14.4. The first kappa shape index (κ1) is 68.7. The van der Waals surface area contributed by atoms with E-state index in [1.165, 1.54) is 27.6 Å². The third-order valence-corrected chi connectivity index (χ3v) is 22.0. The largest absolute Gasteiger partial charge is 0.310 e. The predicted octanol–water partition coefficient (Wildman–Crippen LogP) is 0.866. The van der Waals surface area contributed by atoms with E-state index in [0.717, 1.165) is 60.0 Å². The standard InChI is InChI=1S/C15H20BN5O3S.C14H18BN5O3S.C13H18BN5O3S.C12H16BN5O3S/c1-9-12-14(21(19-9)11-5-3-2-4-6-11)17-13(18-15(12)22)10-7-20(8-10)25(16,23)24;15-24(22,23)19-7-9(8-19)12-17-13-11(14(21)18-12)6-16-20(13)10-4-2-1-3-5-10;1-7-9-11(19(17-7)13(2,3)4)15-10(16-12(9)20)8-5-18(6-8)23(14,21)22;1-12(2,3)18-10-8(4-14-18)11(19)16-9(15-10)7-5-17(6-7)22(13,20)21/h10-11H,2-8H2,1H3,(H,17,18,22);6,9-10H,1-5,7-8H2,(H,17,18,21);8H,5-6H2,1-4H3,(H,15,16,20);4,7H,5-6H2,1-3H3,(H,15,16,19). The van der Waals surface area contributed by atoms with Crippen LogP contribution in [0.2, 0.25) is 0 Å². The zero-order valence-corrected chi connectivity index (χ0v) is 56.6. The molecular weight excluding hydrogens is 1290 g/mol. The van der Waals surface area contributed by atoms with Crippen LogP contribution in [-0.4, -0.2) is 211 Å². The minimum absolute atomic E-state index is 0.143. The van der Waals surface area contributed by atoms with Gasteiger partial charge in [-0.3, -0.25) is 19.2 Å². The molecule has 4 N–H and O–H groups in total. The van der Waals surface area contributed by atoms with E-state index >= 15 is 0 Å². The Bertz CT molecular complexity index is 4960. The predicted molar refractivity (Wildman–Crippen MR) is 352 cm³/mol. The van der Waals surface area contributed by atoms with Crippen molar-refractivity contribution >= 4 is 112 Å². The molecule has 0 aromatic carbocycles. The SMILES string of the molecule is [B]S(=O)(=O)N1CC(c2nc3c(c(C)nn3C(C)(C)C)c(=O)[nH]2)C1.[B]S(=O)(=O)N1CC(c2nc3c(c(C)nn3C3CCCCC3)c(=O)[nH]2)C1.[B]S(=O)(=O)N1CC(c2nc3c(cnn3C(C)(C)C)c(=O)[nH]2)C1.[B]S(=O)(=O)N1CC(c2nc3c(cnn3C3CCCCC3)c(=O)[nH]2)C1. The van der Waals surface area contributed by atoms with Gasteiger partial charge >= 0.3 is 0 Å². The lowest BCUT2D eigenvalue weighted by molar-refractivity contribution is 0.260. The zero-order chi connectivity index (χ0) is 68.1. The van der Waals surface area contributed by atoms with Gasteiger partial charge in [-0.05, 0) is 81.1 Å². The number of nitrogens with zero attached hydrogens (tertiary/aromatic N) is 16. The van der Waals surface area contributed by atoms with E-state index in [9.17, 15) is 52.8 Å². The fourth-order valence-electron chi connectivity index (χ4n) is 12.5. The van der Waals surface area contributed by atoms with E-state index in [1.807, 2.05) is 57.8 Å². The summed E-state index contributed by atoms with van der Waals surface area (Å²) in [6, 6.07) is 0.551. The number of aryl methyl sites for hydroxylation is 2. The molecule has 2 saturated carbocycles. The number of rotatable bonds is 10. The lowest BCUT2D eigenvalue weighted by Crippen LogP contribution is -2.49. The molecule has 0 unspecified atom stereocenters. The quantitative estimate of drug-likeness (QED) is 0.138. The molecule has 32 nitrogen and oxygen atoms in total. The van der Waals surface area contributed by atoms with Crippen LogP contribution in [0.4, 0.5) is 0 Å². The van der Waals surface area contributed by atoms with Crippen LogP contribution >= 0.6 is 0 Å². The van der Waals surface area contributed by atoms with Crippen molar-refractivity contribution in [2.75, 3.05) is 52.4 Å². The maximum Gasteiger partial charge on any atom is 0.278 e. The first-order chi connectivity index (χ1) is 43.8. The van der Waals surface area contributed by atoms with Crippen LogP contribution < -0.4 is 22.2 Å². The van der Waals surface area contributed by atoms with E-state index in [2.05, 4.69) is 60.3 Å². The van der Waals surface area contributed by atoms with Crippen molar-refractivity contribution in [3.05, 3.63) is 88.5 Å². The number of aromatic nitrogens is 16. The first-order valence-electron chi connectivity index (χ1n) is 30.9. The normalized spacial score (nSPS) is 19.4. The second kappa shape index (κ2) is 25.4. The van der Waals surface area contributed by atoms with Crippen LogP contribution in [0, 0.1) is 13.8 Å². The molecule has 6 fully saturated rings. The van der Waals surface area contributed by atoms with E-state index in [4.69, 9.17) is 28.5 Å². The van der Waals surface area contributed by atoms with Crippen LogP contribution in [0.3, 0.4) is 0 Å². The molecule has 2 aliphatic carbocycles. The molecule has 8 radical (unpaired) electrons. The third kappa shape index (κ3) is 14.1. The molecule has 14 rings (SSSR count). The van der Waals surface area contributed by atoms with Gasteiger partial charge in [0.05, 0.1) is 46.9 Å². The van der Waals surface area contributed by atoms with Gasteiger partial charge < -0.3 is 19.9 Å². The van der Waals surface area contributed by atoms with Crippen molar-refractivity contribution in [3.8, 4) is 0 Å². The first-order valence-corrected chi connectivity index (χ1v) is 36.9. The monoisotopic (exact) mass is 1360 g/mol. The van der Waals surface area contributed by atoms with Gasteiger partial charge in [0.25, 0.3) is 50.7 Å². The molecule has 496 valence electrons. The lowest BCUT2D eigenvalue weighted by Gasteiger charge is -2.36. The van der Waals surface area contributed by atoms with Crippen molar-refractivity contribution in [2.24, 2.45) is 0 Å². The molecule has 0 atom stereocenters.